The third-order valence-corrected chi connectivity index (χ3v) is 3.21. The highest BCUT2D eigenvalue weighted by Crippen LogP contribution is 2.24. The third-order valence-electron chi connectivity index (χ3n) is 3.21. The Morgan fingerprint density at radius 2 is 1.83 bits per heavy atom. The number of nitro benzene ring substituents is 1. The van der Waals surface area contributed by atoms with Crippen LogP contribution in [-0.4, -0.2) is 30.2 Å². The van der Waals surface area contributed by atoms with Crippen LogP contribution < -0.4 is 10.6 Å². The van der Waals surface area contributed by atoms with E-state index in [1.54, 1.807) is 30.3 Å². The molecule has 23 heavy (non-hydrogen) atoms. The Kier molecular flexibility index (Phi) is 5.03. The maximum Gasteiger partial charge on any atom is 0.270 e. The van der Waals surface area contributed by atoms with E-state index < -0.39 is 4.92 Å². The van der Waals surface area contributed by atoms with Crippen LogP contribution in [0.25, 0.3) is 0 Å². The average molecular weight is 313 g/mol. The predicted molar refractivity (Wildman–Crippen MR) is 85.5 cm³/mol. The van der Waals surface area contributed by atoms with Gasteiger partial charge in [-0.15, -0.1) is 0 Å². The number of carbonyl (C=O) groups excluding carboxylic acids is 2. The quantitative estimate of drug-likeness (QED) is 0.482. The molecule has 0 aliphatic carbocycles. The summed E-state index contributed by atoms with van der Waals surface area (Å²) in [7, 11) is 1.50. The van der Waals surface area contributed by atoms with Crippen LogP contribution >= 0.6 is 0 Å². The highest BCUT2D eigenvalue weighted by molar-refractivity contribution is 6.12. The molecule has 7 nitrogen and oxygen atoms in total. The van der Waals surface area contributed by atoms with Crippen LogP contribution in [0.4, 0.5) is 11.4 Å². The lowest BCUT2D eigenvalue weighted by molar-refractivity contribution is -0.384. The van der Waals surface area contributed by atoms with Crippen LogP contribution in [0.3, 0.4) is 0 Å². The Bertz CT molecular complexity index is 744. The topological polar surface area (TPSA) is 101 Å². The molecule has 0 heterocycles. The first-order valence-corrected chi connectivity index (χ1v) is 6.85. The molecule has 0 aliphatic rings. The maximum absolute atomic E-state index is 12.6. The molecule has 0 saturated carbocycles. The molecule has 2 rings (SSSR count). The van der Waals surface area contributed by atoms with Crippen molar-refractivity contribution in [1.29, 1.82) is 0 Å². The van der Waals surface area contributed by atoms with E-state index in [0.717, 1.165) is 0 Å². The van der Waals surface area contributed by atoms with Crippen molar-refractivity contribution in [3.63, 3.8) is 0 Å². The number of anilines is 1. The van der Waals surface area contributed by atoms with E-state index in [1.807, 2.05) is 0 Å². The number of carbonyl (C=O) groups is 2. The van der Waals surface area contributed by atoms with Gasteiger partial charge in [0.2, 0.25) is 5.91 Å². The molecular weight excluding hydrogens is 298 g/mol. The number of nitro groups is 1. The van der Waals surface area contributed by atoms with Gasteiger partial charge in [-0.25, -0.2) is 0 Å². The van der Waals surface area contributed by atoms with E-state index >= 15 is 0 Å². The molecule has 0 radical (unpaired) electrons. The number of ketones is 1. The fraction of sp³-hybridized carbons (Fsp3) is 0.125. The van der Waals surface area contributed by atoms with Crippen LogP contribution in [0.15, 0.2) is 48.5 Å². The van der Waals surface area contributed by atoms with E-state index in [2.05, 4.69) is 10.6 Å². The average Bonchev–Trinajstić information content (AvgIpc) is 2.59. The van der Waals surface area contributed by atoms with Gasteiger partial charge in [-0.2, -0.15) is 0 Å². The second-order valence-corrected chi connectivity index (χ2v) is 4.71. The highest BCUT2D eigenvalue weighted by Gasteiger charge is 2.18. The number of hydrogen-bond donors (Lipinski definition) is 2. The molecule has 2 aromatic carbocycles. The first kappa shape index (κ1) is 16.2. The van der Waals surface area contributed by atoms with Gasteiger partial charge in [0.15, 0.2) is 5.78 Å². The molecule has 0 aliphatic heterocycles. The lowest BCUT2D eigenvalue weighted by atomic mass is 10.0. The zero-order valence-corrected chi connectivity index (χ0v) is 12.4. The van der Waals surface area contributed by atoms with Gasteiger partial charge in [-0.1, -0.05) is 30.3 Å². The minimum Gasteiger partial charge on any atom is -0.376 e. The number of likely N-dealkylation sites (N-methyl/N-ethyl adjacent to an activating group) is 1. The van der Waals surface area contributed by atoms with E-state index in [0.29, 0.717) is 11.3 Å². The minimum absolute atomic E-state index is 0.0383. The van der Waals surface area contributed by atoms with Crippen molar-refractivity contribution in [3.8, 4) is 0 Å². The first-order valence-electron chi connectivity index (χ1n) is 6.85. The van der Waals surface area contributed by atoms with Crippen molar-refractivity contribution in [3.05, 3.63) is 69.8 Å². The van der Waals surface area contributed by atoms with Gasteiger partial charge in [0.05, 0.1) is 17.0 Å². The molecule has 0 aromatic heterocycles. The first-order chi connectivity index (χ1) is 11.0. The summed E-state index contributed by atoms with van der Waals surface area (Å²) in [6.07, 6.45) is 0. The summed E-state index contributed by atoms with van der Waals surface area (Å²) in [5.74, 6) is -0.616. The Morgan fingerprint density at radius 3 is 2.43 bits per heavy atom. The van der Waals surface area contributed by atoms with Crippen LogP contribution in [0, 0.1) is 10.1 Å². The number of amides is 1. The van der Waals surface area contributed by atoms with Crippen LogP contribution in [0.2, 0.25) is 0 Å². The summed E-state index contributed by atoms with van der Waals surface area (Å²) in [4.78, 5) is 34.3. The molecule has 2 N–H and O–H groups in total. The van der Waals surface area contributed by atoms with Gasteiger partial charge in [0.1, 0.15) is 0 Å². The smallest absolute Gasteiger partial charge is 0.270 e. The summed E-state index contributed by atoms with van der Waals surface area (Å²) in [6, 6.07) is 12.4. The van der Waals surface area contributed by atoms with Gasteiger partial charge in [-0.05, 0) is 6.07 Å². The Balaban J connectivity index is 2.40. The van der Waals surface area contributed by atoms with E-state index in [4.69, 9.17) is 0 Å². The normalized spacial score (nSPS) is 9.96. The maximum atomic E-state index is 12.6. The lowest BCUT2D eigenvalue weighted by Gasteiger charge is -2.11. The largest absolute Gasteiger partial charge is 0.376 e. The highest BCUT2D eigenvalue weighted by atomic mass is 16.6. The molecule has 0 bridgehead atoms. The van der Waals surface area contributed by atoms with E-state index in [9.17, 15) is 19.7 Å². The van der Waals surface area contributed by atoms with Crippen LogP contribution in [0.5, 0.6) is 0 Å². The SMILES string of the molecule is CNC(=O)CNc1ccc([N+](=O)[O-])cc1C(=O)c1ccccc1. The summed E-state index contributed by atoms with van der Waals surface area (Å²) in [5, 5.41) is 16.2. The van der Waals surface area contributed by atoms with E-state index in [1.165, 1.54) is 25.2 Å². The summed E-state index contributed by atoms with van der Waals surface area (Å²) in [6.45, 7) is -0.0383. The molecule has 1 amide bonds. The Labute approximate surface area is 132 Å². The predicted octanol–water partition coefficient (Wildman–Crippen LogP) is 1.98. The van der Waals surface area contributed by atoms with E-state index in [-0.39, 0.29) is 29.5 Å². The monoisotopic (exact) mass is 313 g/mol. The lowest BCUT2D eigenvalue weighted by Crippen LogP contribution is -2.26. The van der Waals surface area contributed by atoms with Gasteiger partial charge in [0.25, 0.3) is 5.69 Å². The van der Waals surface area contributed by atoms with Crippen molar-refractivity contribution in [1.82, 2.24) is 5.32 Å². The molecular formula is C16H15N3O4. The second-order valence-electron chi connectivity index (χ2n) is 4.71. The zero-order chi connectivity index (χ0) is 16.8. The Morgan fingerprint density at radius 1 is 1.13 bits per heavy atom. The fourth-order valence-electron chi connectivity index (χ4n) is 2.00. The van der Waals surface area contributed by atoms with Crippen molar-refractivity contribution in [2.75, 3.05) is 18.9 Å². The Hall–Kier alpha value is -3.22. The van der Waals surface area contributed by atoms with Crippen molar-refractivity contribution < 1.29 is 14.5 Å². The summed E-state index contributed by atoms with van der Waals surface area (Å²) in [5.41, 5.74) is 0.744. The van der Waals surface area contributed by atoms with Gasteiger partial charge < -0.3 is 10.6 Å². The molecule has 7 heteroatoms. The number of nitrogens with one attached hydrogen (secondary N) is 2. The number of nitrogens with zero attached hydrogens (tertiary/aromatic N) is 1. The van der Waals surface area contributed by atoms with Crippen LogP contribution in [0.1, 0.15) is 15.9 Å². The van der Waals surface area contributed by atoms with Gasteiger partial charge in [0, 0.05) is 30.4 Å². The summed E-state index contributed by atoms with van der Waals surface area (Å²) >= 11 is 0. The molecule has 0 spiro atoms. The van der Waals surface area contributed by atoms with Gasteiger partial charge >= 0.3 is 0 Å². The van der Waals surface area contributed by atoms with Crippen LogP contribution in [-0.2, 0) is 4.79 Å². The van der Waals surface area contributed by atoms with Crippen molar-refractivity contribution >= 4 is 23.1 Å². The van der Waals surface area contributed by atoms with Gasteiger partial charge in [-0.3, -0.25) is 19.7 Å². The number of non-ortho nitro benzene ring substituents is 1. The minimum atomic E-state index is -0.565. The number of hydrogen-bond acceptors (Lipinski definition) is 5. The molecule has 0 fully saturated rings. The molecule has 0 saturated heterocycles. The second kappa shape index (κ2) is 7.17. The molecule has 0 atom stereocenters. The standard InChI is InChI=1S/C16H15N3O4/c1-17-15(20)10-18-14-8-7-12(19(22)23)9-13(14)16(21)11-5-3-2-4-6-11/h2-9,18H,10H2,1H3,(H,17,20). The molecule has 2 aromatic rings. The number of rotatable bonds is 6. The molecule has 118 valence electrons. The third kappa shape index (κ3) is 3.91. The fourth-order valence-corrected chi connectivity index (χ4v) is 2.00. The summed E-state index contributed by atoms with van der Waals surface area (Å²) < 4.78 is 0. The number of benzene rings is 2. The van der Waals surface area contributed by atoms with Crippen molar-refractivity contribution in [2.45, 2.75) is 0 Å². The molecule has 0 unspecified atom stereocenters. The van der Waals surface area contributed by atoms with Crippen molar-refractivity contribution in [2.24, 2.45) is 0 Å². The zero-order valence-electron chi connectivity index (χ0n) is 12.4.